The maximum Gasteiger partial charge on any atom is 0.267 e. The van der Waals surface area contributed by atoms with Crippen LogP contribution in [0.5, 0.6) is 0 Å². The third-order valence-corrected chi connectivity index (χ3v) is 3.47. The quantitative estimate of drug-likeness (QED) is 0.667. The molecule has 0 atom stereocenters. The van der Waals surface area contributed by atoms with Crippen LogP contribution in [0.3, 0.4) is 0 Å². The van der Waals surface area contributed by atoms with Gasteiger partial charge in [0.25, 0.3) is 5.91 Å². The molecule has 0 aliphatic rings. The third-order valence-electron chi connectivity index (χ3n) is 2.43. The number of amides is 1. The van der Waals surface area contributed by atoms with Crippen LogP contribution in [0.4, 0.5) is 0 Å². The summed E-state index contributed by atoms with van der Waals surface area (Å²) in [6.45, 7) is 10.8. The SMILES string of the molecule is C=C/C(C#N)=C(\C=C)NC(=O)c1snc(C)c1C. The van der Waals surface area contributed by atoms with Gasteiger partial charge in [0.1, 0.15) is 10.9 Å². The third kappa shape index (κ3) is 2.73. The Bertz CT molecular complexity index is 576. The van der Waals surface area contributed by atoms with Crippen LogP contribution in [0.25, 0.3) is 0 Å². The van der Waals surface area contributed by atoms with Crippen molar-refractivity contribution in [3.05, 3.63) is 52.7 Å². The Hall–Kier alpha value is -2.19. The Morgan fingerprint density at radius 3 is 2.50 bits per heavy atom. The Morgan fingerprint density at radius 2 is 2.11 bits per heavy atom. The summed E-state index contributed by atoms with van der Waals surface area (Å²) in [6.07, 6.45) is 2.80. The van der Waals surface area contributed by atoms with Gasteiger partial charge in [0, 0.05) is 0 Å². The number of aromatic nitrogens is 1. The van der Waals surface area contributed by atoms with Crippen molar-refractivity contribution in [3.63, 3.8) is 0 Å². The van der Waals surface area contributed by atoms with E-state index < -0.39 is 0 Å². The van der Waals surface area contributed by atoms with Crippen LogP contribution in [0.1, 0.15) is 20.9 Å². The Kier molecular flexibility index (Phi) is 4.58. The van der Waals surface area contributed by atoms with Gasteiger partial charge in [0.2, 0.25) is 0 Å². The van der Waals surface area contributed by atoms with Crippen LogP contribution in [0, 0.1) is 25.2 Å². The second-order valence-corrected chi connectivity index (χ2v) is 4.30. The number of nitrogens with zero attached hydrogens (tertiary/aromatic N) is 2. The van der Waals surface area contributed by atoms with Crippen molar-refractivity contribution < 1.29 is 4.79 Å². The van der Waals surface area contributed by atoms with Gasteiger partial charge in [-0.1, -0.05) is 13.2 Å². The molecule has 0 fully saturated rings. The summed E-state index contributed by atoms with van der Waals surface area (Å²) in [6, 6.07) is 1.94. The molecule has 1 aromatic rings. The molecule has 4 nitrogen and oxygen atoms in total. The Labute approximate surface area is 110 Å². The summed E-state index contributed by atoms with van der Waals surface area (Å²) in [7, 11) is 0. The zero-order valence-corrected chi connectivity index (χ0v) is 11.1. The fraction of sp³-hybridized carbons (Fsp3) is 0.154. The molecule has 1 heterocycles. The number of carbonyl (C=O) groups is 1. The van der Waals surface area contributed by atoms with Crippen LogP contribution < -0.4 is 5.32 Å². The lowest BCUT2D eigenvalue weighted by Crippen LogP contribution is -2.22. The summed E-state index contributed by atoms with van der Waals surface area (Å²) in [5, 5.41) is 11.5. The number of rotatable bonds is 4. The number of nitriles is 1. The van der Waals surface area contributed by atoms with Gasteiger partial charge in [0.15, 0.2) is 0 Å². The van der Waals surface area contributed by atoms with E-state index >= 15 is 0 Å². The predicted octanol–water partition coefficient (Wildman–Crippen LogP) is 2.64. The van der Waals surface area contributed by atoms with Crippen molar-refractivity contribution in [2.24, 2.45) is 0 Å². The first-order chi connectivity index (χ1) is 8.54. The maximum absolute atomic E-state index is 12.0. The van der Waals surface area contributed by atoms with E-state index in [9.17, 15) is 4.79 Å². The van der Waals surface area contributed by atoms with Crippen LogP contribution >= 0.6 is 11.5 Å². The number of hydrogen-bond acceptors (Lipinski definition) is 4. The molecular formula is C13H13N3OS. The van der Waals surface area contributed by atoms with Crippen LogP contribution in [0.2, 0.25) is 0 Å². The molecule has 0 unspecified atom stereocenters. The average molecular weight is 259 g/mol. The lowest BCUT2D eigenvalue weighted by atomic mass is 10.2. The van der Waals surface area contributed by atoms with Crippen LogP contribution in [-0.4, -0.2) is 10.3 Å². The van der Waals surface area contributed by atoms with Gasteiger partial charge < -0.3 is 5.32 Å². The molecule has 1 rings (SSSR count). The van der Waals surface area contributed by atoms with E-state index in [1.807, 2.05) is 19.9 Å². The van der Waals surface area contributed by atoms with Gasteiger partial charge >= 0.3 is 0 Å². The molecule has 1 aromatic heterocycles. The Balaban J connectivity index is 3.05. The van der Waals surface area contributed by atoms with Gasteiger partial charge in [-0.3, -0.25) is 4.79 Å². The maximum atomic E-state index is 12.0. The molecule has 0 saturated heterocycles. The van der Waals surface area contributed by atoms with E-state index in [2.05, 4.69) is 22.8 Å². The lowest BCUT2D eigenvalue weighted by Gasteiger charge is -2.05. The lowest BCUT2D eigenvalue weighted by molar-refractivity contribution is 0.0970. The van der Waals surface area contributed by atoms with E-state index in [4.69, 9.17) is 5.26 Å². The number of aryl methyl sites for hydroxylation is 1. The standard InChI is InChI=1S/C13H13N3OS/c1-5-10(7-14)11(6-2)15-13(17)12-8(3)9(4)16-18-12/h5-6H,1-2H2,3-4H3,(H,15,17)/b11-10-. The van der Waals surface area contributed by atoms with Crippen molar-refractivity contribution in [1.82, 2.24) is 9.69 Å². The average Bonchev–Trinajstić information content (AvgIpc) is 2.70. The summed E-state index contributed by atoms with van der Waals surface area (Å²) in [5.74, 6) is -0.289. The van der Waals surface area contributed by atoms with Crippen molar-refractivity contribution in [2.75, 3.05) is 0 Å². The van der Waals surface area contributed by atoms with Gasteiger partial charge in [-0.15, -0.1) is 0 Å². The molecule has 0 bridgehead atoms. The van der Waals surface area contributed by atoms with Gasteiger partial charge in [-0.05, 0) is 43.1 Å². The summed E-state index contributed by atoms with van der Waals surface area (Å²) < 4.78 is 4.11. The van der Waals surface area contributed by atoms with E-state index in [0.717, 1.165) is 22.8 Å². The predicted molar refractivity (Wildman–Crippen MR) is 72.1 cm³/mol. The molecule has 92 valence electrons. The van der Waals surface area contributed by atoms with Gasteiger partial charge in [0.05, 0.1) is 17.0 Å². The molecule has 0 aromatic carbocycles. The molecular weight excluding hydrogens is 246 g/mol. The van der Waals surface area contributed by atoms with Gasteiger partial charge in [-0.25, -0.2) is 0 Å². The molecule has 0 aliphatic heterocycles. The number of nitrogens with one attached hydrogen (secondary N) is 1. The highest BCUT2D eigenvalue weighted by Gasteiger charge is 2.15. The highest BCUT2D eigenvalue weighted by molar-refractivity contribution is 7.08. The van der Waals surface area contributed by atoms with Crippen LogP contribution in [0.15, 0.2) is 36.6 Å². The Morgan fingerprint density at radius 1 is 1.44 bits per heavy atom. The fourth-order valence-corrected chi connectivity index (χ4v) is 2.03. The van der Waals surface area contributed by atoms with E-state index in [1.165, 1.54) is 12.2 Å². The highest BCUT2D eigenvalue weighted by Crippen LogP contribution is 2.17. The monoisotopic (exact) mass is 259 g/mol. The zero-order chi connectivity index (χ0) is 13.7. The molecule has 0 spiro atoms. The second-order valence-electron chi connectivity index (χ2n) is 3.52. The normalized spacial score (nSPS) is 11.2. The molecule has 0 aliphatic carbocycles. The number of allylic oxidation sites excluding steroid dienone is 3. The summed E-state index contributed by atoms with van der Waals surface area (Å²) in [5.41, 5.74) is 2.30. The summed E-state index contributed by atoms with van der Waals surface area (Å²) >= 11 is 1.14. The topological polar surface area (TPSA) is 65.8 Å². The number of hydrogen-bond donors (Lipinski definition) is 1. The van der Waals surface area contributed by atoms with Crippen molar-refractivity contribution >= 4 is 17.4 Å². The zero-order valence-electron chi connectivity index (χ0n) is 10.3. The minimum absolute atomic E-state index is 0.275. The van der Waals surface area contributed by atoms with E-state index in [-0.39, 0.29) is 11.5 Å². The first-order valence-electron chi connectivity index (χ1n) is 5.18. The smallest absolute Gasteiger partial charge is 0.267 e. The van der Waals surface area contributed by atoms with Crippen molar-refractivity contribution in [3.8, 4) is 6.07 Å². The largest absolute Gasteiger partial charge is 0.320 e. The fourth-order valence-electron chi connectivity index (χ4n) is 1.25. The molecule has 1 amide bonds. The minimum atomic E-state index is -0.289. The molecule has 18 heavy (non-hydrogen) atoms. The van der Waals surface area contributed by atoms with Crippen molar-refractivity contribution in [2.45, 2.75) is 13.8 Å². The van der Waals surface area contributed by atoms with Crippen LogP contribution in [-0.2, 0) is 0 Å². The van der Waals surface area contributed by atoms with Gasteiger partial charge in [-0.2, -0.15) is 9.64 Å². The molecule has 0 radical (unpaired) electrons. The second kappa shape index (κ2) is 5.94. The molecule has 5 heteroatoms. The minimum Gasteiger partial charge on any atom is -0.320 e. The first-order valence-corrected chi connectivity index (χ1v) is 5.96. The summed E-state index contributed by atoms with van der Waals surface area (Å²) in [4.78, 5) is 12.6. The van der Waals surface area contributed by atoms with Crippen molar-refractivity contribution in [1.29, 1.82) is 5.26 Å². The first kappa shape index (κ1) is 13.9. The molecule has 1 N–H and O–H groups in total. The molecule has 0 saturated carbocycles. The van der Waals surface area contributed by atoms with E-state index in [0.29, 0.717) is 10.6 Å². The highest BCUT2D eigenvalue weighted by atomic mass is 32.1. The number of carbonyl (C=O) groups excluding carboxylic acids is 1. The van der Waals surface area contributed by atoms with E-state index in [1.54, 1.807) is 0 Å².